The van der Waals surface area contributed by atoms with E-state index in [0.29, 0.717) is 12.1 Å². The first-order valence-electron chi connectivity index (χ1n) is 7.15. The van der Waals surface area contributed by atoms with Crippen molar-refractivity contribution in [3.8, 4) is 0 Å². The summed E-state index contributed by atoms with van der Waals surface area (Å²) >= 11 is 0. The predicted molar refractivity (Wildman–Crippen MR) is 68.6 cm³/mol. The molecule has 2 aliphatic rings. The number of nitrogens with zero attached hydrogens (tertiary/aromatic N) is 1. The fourth-order valence-electron chi connectivity index (χ4n) is 3.22. The molecule has 1 aliphatic heterocycles. The number of rotatable bonds is 3. The summed E-state index contributed by atoms with van der Waals surface area (Å²) in [6, 6.07) is 0. The van der Waals surface area contributed by atoms with Crippen molar-refractivity contribution in [3.63, 3.8) is 0 Å². The Bertz CT molecular complexity index is 233. The molecule has 0 aromatic rings. The van der Waals surface area contributed by atoms with Crippen LogP contribution in [0.2, 0.25) is 0 Å². The topological polar surface area (TPSA) is 32.7 Å². The highest BCUT2D eigenvalue weighted by Crippen LogP contribution is 2.40. The van der Waals surface area contributed by atoms with Gasteiger partial charge in [-0.3, -0.25) is 4.84 Å². The van der Waals surface area contributed by atoms with E-state index in [9.17, 15) is 5.11 Å². The molecule has 3 heteroatoms. The Morgan fingerprint density at radius 1 is 1.06 bits per heavy atom. The molecule has 2 rings (SSSR count). The maximum Gasteiger partial charge on any atom is 0.0967 e. The Morgan fingerprint density at radius 2 is 1.65 bits per heavy atom. The minimum atomic E-state index is -0.729. The summed E-state index contributed by atoms with van der Waals surface area (Å²) in [5.41, 5.74) is -0.435. The fraction of sp³-hybridized carbons (Fsp3) is 1.00. The zero-order valence-corrected chi connectivity index (χ0v) is 11.4. The van der Waals surface area contributed by atoms with Gasteiger partial charge in [0.15, 0.2) is 0 Å². The smallest absolute Gasteiger partial charge is 0.0967 e. The lowest BCUT2D eigenvalue weighted by Crippen LogP contribution is -2.53. The van der Waals surface area contributed by atoms with Crippen LogP contribution < -0.4 is 0 Å². The van der Waals surface area contributed by atoms with E-state index in [-0.39, 0.29) is 0 Å². The van der Waals surface area contributed by atoms with Gasteiger partial charge >= 0.3 is 0 Å². The van der Waals surface area contributed by atoms with Crippen molar-refractivity contribution in [3.05, 3.63) is 0 Å². The molecule has 0 aromatic carbocycles. The van der Waals surface area contributed by atoms with Gasteiger partial charge in [0, 0.05) is 12.1 Å². The van der Waals surface area contributed by atoms with E-state index in [1.54, 1.807) is 0 Å². The Labute approximate surface area is 105 Å². The normalized spacial score (nSPS) is 26.3. The third-order valence-electron chi connectivity index (χ3n) is 4.14. The van der Waals surface area contributed by atoms with Gasteiger partial charge in [0.1, 0.15) is 0 Å². The van der Waals surface area contributed by atoms with Gasteiger partial charge in [0.2, 0.25) is 0 Å². The van der Waals surface area contributed by atoms with Gasteiger partial charge in [-0.05, 0) is 39.5 Å². The summed E-state index contributed by atoms with van der Waals surface area (Å²) in [6.07, 6.45) is 10.4. The summed E-state index contributed by atoms with van der Waals surface area (Å²) in [5, 5.41) is 12.0. The van der Waals surface area contributed by atoms with Gasteiger partial charge in [-0.2, -0.15) is 5.06 Å². The van der Waals surface area contributed by atoms with Crippen LogP contribution in [-0.4, -0.2) is 34.5 Å². The van der Waals surface area contributed by atoms with E-state index in [0.717, 1.165) is 6.54 Å². The molecule has 1 N–H and O–H groups in total. The summed E-state index contributed by atoms with van der Waals surface area (Å²) in [5.74, 6) is 0. The molecule has 0 bridgehead atoms. The average molecular weight is 241 g/mol. The molecule has 1 saturated carbocycles. The molecule has 0 atom stereocenters. The van der Waals surface area contributed by atoms with Crippen LogP contribution >= 0.6 is 0 Å². The molecule has 1 aliphatic carbocycles. The van der Waals surface area contributed by atoms with E-state index >= 15 is 0 Å². The molecule has 1 spiro atoms. The van der Waals surface area contributed by atoms with Crippen LogP contribution in [0.4, 0.5) is 0 Å². The quantitative estimate of drug-likeness (QED) is 0.824. The fourth-order valence-corrected chi connectivity index (χ4v) is 3.22. The third-order valence-corrected chi connectivity index (χ3v) is 4.14. The van der Waals surface area contributed by atoms with E-state index in [1.807, 2.05) is 13.8 Å². The van der Waals surface area contributed by atoms with E-state index < -0.39 is 5.60 Å². The van der Waals surface area contributed by atoms with Crippen LogP contribution in [-0.2, 0) is 4.84 Å². The second-order valence-electron chi connectivity index (χ2n) is 6.43. The van der Waals surface area contributed by atoms with Gasteiger partial charge in [-0.15, -0.1) is 0 Å². The highest BCUT2D eigenvalue weighted by atomic mass is 16.7. The lowest BCUT2D eigenvalue weighted by atomic mass is 9.76. The van der Waals surface area contributed by atoms with Crippen LogP contribution in [0.3, 0.4) is 0 Å². The highest BCUT2D eigenvalue weighted by Gasteiger charge is 2.41. The van der Waals surface area contributed by atoms with E-state index in [4.69, 9.17) is 4.84 Å². The first kappa shape index (κ1) is 13.3. The monoisotopic (exact) mass is 241 g/mol. The number of aliphatic hydroxyl groups is 1. The van der Waals surface area contributed by atoms with Crippen LogP contribution in [0, 0.1) is 0 Å². The molecule has 1 saturated heterocycles. The first-order chi connectivity index (χ1) is 8.02. The van der Waals surface area contributed by atoms with Crippen molar-refractivity contribution in [2.24, 2.45) is 0 Å². The van der Waals surface area contributed by atoms with Crippen molar-refractivity contribution in [2.45, 2.75) is 76.4 Å². The van der Waals surface area contributed by atoms with Gasteiger partial charge in [0.05, 0.1) is 12.2 Å². The van der Waals surface area contributed by atoms with Crippen LogP contribution in [0.25, 0.3) is 0 Å². The van der Waals surface area contributed by atoms with Crippen molar-refractivity contribution >= 4 is 0 Å². The molecule has 100 valence electrons. The molecule has 0 unspecified atom stereocenters. The molecule has 1 heterocycles. The van der Waals surface area contributed by atoms with E-state index in [2.05, 4.69) is 5.06 Å². The molecule has 0 radical (unpaired) electrons. The molecular weight excluding hydrogens is 214 g/mol. The Morgan fingerprint density at radius 3 is 2.24 bits per heavy atom. The summed E-state index contributed by atoms with van der Waals surface area (Å²) in [4.78, 5) is 5.92. The largest absolute Gasteiger partial charge is 0.388 e. The summed E-state index contributed by atoms with van der Waals surface area (Å²) in [6.45, 7) is 5.07. The van der Waals surface area contributed by atoms with Crippen LogP contribution in [0.1, 0.15) is 65.2 Å². The maximum absolute atomic E-state index is 9.78. The Hall–Kier alpha value is -0.120. The van der Waals surface area contributed by atoms with Gasteiger partial charge in [-0.25, -0.2) is 0 Å². The predicted octanol–water partition coefficient (Wildman–Crippen LogP) is 2.88. The Balaban J connectivity index is 1.96. The molecule has 3 nitrogen and oxygen atoms in total. The number of hydrogen-bond acceptors (Lipinski definition) is 3. The van der Waals surface area contributed by atoms with Crippen molar-refractivity contribution in [1.29, 1.82) is 0 Å². The molecule has 0 amide bonds. The van der Waals surface area contributed by atoms with E-state index in [1.165, 1.54) is 51.4 Å². The zero-order valence-electron chi connectivity index (χ0n) is 11.4. The second kappa shape index (κ2) is 5.25. The molecule has 0 aromatic heterocycles. The standard InChI is InChI=1S/C14H27NO2/c1-13(2,16)12-17-15-11-7-6-10-14(15)8-4-3-5-9-14/h16H,3-12H2,1-2H3. The Kier molecular flexibility index (Phi) is 4.11. The van der Waals surface area contributed by atoms with Gasteiger partial charge < -0.3 is 5.11 Å². The lowest BCUT2D eigenvalue weighted by molar-refractivity contribution is -0.264. The molecule has 2 fully saturated rings. The molecule has 17 heavy (non-hydrogen) atoms. The van der Waals surface area contributed by atoms with Crippen molar-refractivity contribution in [2.75, 3.05) is 13.2 Å². The summed E-state index contributed by atoms with van der Waals surface area (Å²) < 4.78 is 0. The third kappa shape index (κ3) is 3.43. The second-order valence-corrected chi connectivity index (χ2v) is 6.43. The zero-order chi connectivity index (χ0) is 12.4. The first-order valence-corrected chi connectivity index (χ1v) is 7.15. The minimum Gasteiger partial charge on any atom is -0.388 e. The van der Waals surface area contributed by atoms with Crippen molar-refractivity contribution in [1.82, 2.24) is 5.06 Å². The minimum absolute atomic E-state index is 0.293. The maximum atomic E-state index is 9.78. The van der Waals surface area contributed by atoms with Gasteiger partial charge in [-0.1, -0.05) is 25.7 Å². The van der Waals surface area contributed by atoms with Gasteiger partial charge in [0.25, 0.3) is 0 Å². The average Bonchev–Trinajstić information content (AvgIpc) is 2.28. The number of hydrogen-bond donors (Lipinski definition) is 1. The summed E-state index contributed by atoms with van der Waals surface area (Å²) in [7, 11) is 0. The van der Waals surface area contributed by atoms with Crippen LogP contribution in [0.15, 0.2) is 0 Å². The molecular formula is C14H27NO2. The van der Waals surface area contributed by atoms with Crippen LogP contribution in [0.5, 0.6) is 0 Å². The lowest BCUT2D eigenvalue weighted by Gasteiger charge is -2.49. The van der Waals surface area contributed by atoms with Crippen molar-refractivity contribution < 1.29 is 9.94 Å². The SMILES string of the molecule is CC(C)(O)CON1CCCCC12CCCCC2. The number of piperidine rings is 1. The highest BCUT2D eigenvalue weighted by molar-refractivity contribution is 4.92. The number of hydroxylamine groups is 2.